The van der Waals surface area contributed by atoms with Gasteiger partial charge in [0.15, 0.2) is 0 Å². The van der Waals surface area contributed by atoms with Crippen molar-refractivity contribution < 1.29 is 14.6 Å². The summed E-state index contributed by atoms with van der Waals surface area (Å²) in [5.41, 5.74) is 2.14. The van der Waals surface area contributed by atoms with Crippen LogP contribution in [0.5, 0.6) is 5.75 Å². The van der Waals surface area contributed by atoms with Crippen LogP contribution >= 0.6 is 0 Å². The average molecular weight is 308 g/mol. The largest absolute Gasteiger partial charge is 0.497 e. The summed E-state index contributed by atoms with van der Waals surface area (Å²) in [6, 6.07) is 14.6. The van der Waals surface area contributed by atoms with Gasteiger partial charge >= 0.3 is 5.97 Å². The smallest absolute Gasteiger partial charge is 0.335 e. The quantitative estimate of drug-likeness (QED) is 0.785. The maximum Gasteiger partial charge on any atom is 0.335 e. The molecular formula is C18H16N2O3. The number of carboxylic acids is 1. The Hall–Kier alpha value is -3.08. The molecule has 0 bridgehead atoms. The summed E-state index contributed by atoms with van der Waals surface area (Å²) in [6.07, 6.45) is 3.61. The fraction of sp³-hybridized carbons (Fsp3) is 0.111. The first-order valence-corrected chi connectivity index (χ1v) is 7.15. The average Bonchev–Trinajstić information content (AvgIpc) is 3.03. The molecule has 5 nitrogen and oxygen atoms in total. The molecule has 1 aromatic heterocycles. The number of nitrogens with zero attached hydrogens (tertiary/aromatic N) is 2. The zero-order valence-corrected chi connectivity index (χ0v) is 12.6. The van der Waals surface area contributed by atoms with E-state index in [9.17, 15) is 4.79 Å². The highest BCUT2D eigenvalue weighted by atomic mass is 16.5. The fourth-order valence-corrected chi connectivity index (χ4v) is 2.46. The van der Waals surface area contributed by atoms with Crippen LogP contribution in [0.25, 0.3) is 11.4 Å². The van der Waals surface area contributed by atoms with Crippen LogP contribution in [-0.2, 0) is 6.54 Å². The Morgan fingerprint density at radius 2 is 2.04 bits per heavy atom. The lowest BCUT2D eigenvalue weighted by Gasteiger charge is -2.09. The summed E-state index contributed by atoms with van der Waals surface area (Å²) >= 11 is 0. The first-order chi connectivity index (χ1) is 11.2. The van der Waals surface area contributed by atoms with Crippen LogP contribution in [0.3, 0.4) is 0 Å². The van der Waals surface area contributed by atoms with E-state index in [1.807, 2.05) is 41.1 Å². The van der Waals surface area contributed by atoms with Gasteiger partial charge in [-0.1, -0.05) is 24.3 Å². The zero-order valence-electron chi connectivity index (χ0n) is 12.6. The third-order valence-corrected chi connectivity index (χ3v) is 3.57. The minimum Gasteiger partial charge on any atom is -0.497 e. The molecule has 3 rings (SSSR count). The van der Waals surface area contributed by atoms with Crippen molar-refractivity contribution in [3.63, 3.8) is 0 Å². The summed E-state index contributed by atoms with van der Waals surface area (Å²) < 4.78 is 7.23. The molecule has 2 aromatic carbocycles. The van der Waals surface area contributed by atoms with E-state index in [1.54, 1.807) is 31.5 Å². The highest BCUT2D eigenvalue weighted by molar-refractivity contribution is 5.87. The normalized spacial score (nSPS) is 10.5. The van der Waals surface area contributed by atoms with Gasteiger partial charge in [-0.15, -0.1) is 0 Å². The number of rotatable bonds is 5. The second-order valence-electron chi connectivity index (χ2n) is 5.12. The number of hydrogen-bond donors (Lipinski definition) is 1. The second kappa shape index (κ2) is 6.36. The molecule has 5 heteroatoms. The number of hydrogen-bond acceptors (Lipinski definition) is 3. The number of methoxy groups -OCH3 is 1. The van der Waals surface area contributed by atoms with Gasteiger partial charge in [-0.2, -0.15) is 0 Å². The van der Waals surface area contributed by atoms with E-state index in [-0.39, 0.29) is 5.56 Å². The van der Waals surface area contributed by atoms with Crippen molar-refractivity contribution in [1.82, 2.24) is 9.55 Å². The Morgan fingerprint density at radius 3 is 2.83 bits per heavy atom. The molecule has 0 fully saturated rings. The summed E-state index contributed by atoms with van der Waals surface area (Å²) in [5, 5.41) is 9.09. The number of imidazole rings is 1. The van der Waals surface area contributed by atoms with E-state index >= 15 is 0 Å². The predicted octanol–water partition coefficient (Wildman–Crippen LogP) is 3.31. The number of benzene rings is 2. The summed E-state index contributed by atoms with van der Waals surface area (Å²) in [6.45, 7) is 0.549. The van der Waals surface area contributed by atoms with E-state index in [0.717, 1.165) is 22.7 Å². The first kappa shape index (κ1) is 14.8. The Labute approximate surface area is 133 Å². The van der Waals surface area contributed by atoms with Crippen molar-refractivity contribution in [2.45, 2.75) is 6.54 Å². The summed E-state index contributed by atoms with van der Waals surface area (Å²) in [4.78, 5) is 15.5. The molecule has 0 saturated carbocycles. The van der Waals surface area contributed by atoms with Crippen LogP contribution < -0.4 is 4.74 Å². The van der Waals surface area contributed by atoms with Crippen LogP contribution in [0.2, 0.25) is 0 Å². The van der Waals surface area contributed by atoms with E-state index in [1.165, 1.54) is 0 Å². The zero-order chi connectivity index (χ0) is 16.2. The molecule has 116 valence electrons. The van der Waals surface area contributed by atoms with Crippen molar-refractivity contribution in [3.8, 4) is 17.1 Å². The molecular weight excluding hydrogens is 292 g/mol. The topological polar surface area (TPSA) is 64.4 Å². The van der Waals surface area contributed by atoms with Crippen molar-refractivity contribution in [2.24, 2.45) is 0 Å². The van der Waals surface area contributed by atoms with E-state index in [2.05, 4.69) is 4.98 Å². The van der Waals surface area contributed by atoms with Gasteiger partial charge in [-0.3, -0.25) is 0 Å². The Morgan fingerprint density at radius 1 is 1.22 bits per heavy atom. The molecule has 0 aliphatic heterocycles. The number of aromatic carboxylic acids is 1. The van der Waals surface area contributed by atoms with Gasteiger partial charge in [0.1, 0.15) is 11.6 Å². The predicted molar refractivity (Wildman–Crippen MR) is 86.7 cm³/mol. The van der Waals surface area contributed by atoms with Crippen molar-refractivity contribution in [3.05, 3.63) is 72.1 Å². The van der Waals surface area contributed by atoms with Gasteiger partial charge in [-0.05, 0) is 29.8 Å². The standard InChI is InChI=1S/C18H16N2O3/c1-23-16-7-3-5-14(11-16)17-19-8-9-20(17)12-13-4-2-6-15(10-13)18(21)22/h2-11H,12H2,1H3,(H,21,22). The lowest BCUT2D eigenvalue weighted by atomic mass is 10.1. The third kappa shape index (κ3) is 3.23. The van der Waals surface area contributed by atoms with Crippen molar-refractivity contribution in [1.29, 1.82) is 0 Å². The summed E-state index contributed by atoms with van der Waals surface area (Å²) in [7, 11) is 1.63. The number of carboxylic acid groups (broad SMARTS) is 1. The number of ether oxygens (including phenoxy) is 1. The number of aromatic nitrogens is 2. The van der Waals surface area contributed by atoms with Crippen molar-refractivity contribution in [2.75, 3.05) is 7.11 Å². The molecule has 23 heavy (non-hydrogen) atoms. The molecule has 0 atom stereocenters. The maximum absolute atomic E-state index is 11.1. The van der Waals surface area contributed by atoms with Gasteiger partial charge in [0, 0.05) is 24.5 Å². The molecule has 0 aliphatic carbocycles. The molecule has 0 saturated heterocycles. The molecule has 1 N–H and O–H groups in total. The Balaban J connectivity index is 1.92. The van der Waals surface area contributed by atoms with Crippen LogP contribution in [0.15, 0.2) is 60.9 Å². The van der Waals surface area contributed by atoms with E-state index in [0.29, 0.717) is 6.54 Å². The third-order valence-electron chi connectivity index (χ3n) is 3.57. The summed E-state index contributed by atoms with van der Waals surface area (Å²) in [5.74, 6) is 0.653. The molecule has 0 unspecified atom stereocenters. The Kier molecular flexibility index (Phi) is 4.10. The van der Waals surface area contributed by atoms with Crippen LogP contribution in [0.4, 0.5) is 0 Å². The van der Waals surface area contributed by atoms with Gasteiger partial charge in [0.25, 0.3) is 0 Å². The highest BCUT2D eigenvalue weighted by Crippen LogP contribution is 2.23. The molecule has 0 amide bonds. The number of carbonyl (C=O) groups is 1. The molecule has 0 spiro atoms. The first-order valence-electron chi connectivity index (χ1n) is 7.15. The van der Waals surface area contributed by atoms with Gasteiger partial charge < -0.3 is 14.4 Å². The molecule has 1 heterocycles. The highest BCUT2D eigenvalue weighted by Gasteiger charge is 2.09. The second-order valence-corrected chi connectivity index (χ2v) is 5.12. The lowest BCUT2D eigenvalue weighted by molar-refractivity contribution is 0.0696. The maximum atomic E-state index is 11.1. The van der Waals surface area contributed by atoms with Crippen LogP contribution in [0.1, 0.15) is 15.9 Å². The monoisotopic (exact) mass is 308 g/mol. The SMILES string of the molecule is COc1cccc(-c2nccn2Cc2cccc(C(=O)O)c2)c1. The van der Waals surface area contributed by atoms with Gasteiger partial charge in [0.05, 0.1) is 12.7 Å². The minimum atomic E-state index is -0.925. The minimum absolute atomic E-state index is 0.283. The van der Waals surface area contributed by atoms with E-state index in [4.69, 9.17) is 9.84 Å². The van der Waals surface area contributed by atoms with Crippen molar-refractivity contribution >= 4 is 5.97 Å². The Bertz CT molecular complexity index is 840. The molecule has 0 radical (unpaired) electrons. The van der Waals surface area contributed by atoms with Gasteiger partial charge in [0.2, 0.25) is 0 Å². The molecule has 3 aromatic rings. The fourth-order valence-electron chi connectivity index (χ4n) is 2.46. The lowest BCUT2D eigenvalue weighted by Crippen LogP contribution is -2.03. The van der Waals surface area contributed by atoms with Gasteiger partial charge in [-0.25, -0.2) is 9.78 Å². The molecule has 0 aliphatic rings. The van der Waals surface area contributed by atoms with E-state index < -0.39 is 5.97 Å². The van der Waals surface area contributed by atoms with Crippen LogP contribution in [-0.4, -0.2) is 27.7 Å². The van der Waals surface area contributed by atoms with Crippen LogP contribution in [0, 0.1) is 0 Å².